The van der Waals surface area contributed by atoms with Gasteiger partial charge in [-0.15, -0.1) is 11.6 Å². The van der Waals surface area contributed by atoms with Crippen LogP contribution in [-0.2, 0) is 5.41 Å². The van der Waals surface area contributed by atoms with Crippen LogP contribution in [0.25, 0.3) is 0 Å². The average Bonchev–Trinajstić information content (AvgIpc) is 2.17. The molecule has 0 radical (unpaired) electrons. The predicted molar refractivity (Wildman–Crippen MR) is 66.0 cm³/mol. The Kier molecular flexibility index (Phi) is 4.46. The Morgan fingerprint density at radius 3 is 2.47 bits per heavy atom. The highest BCUT2D eigenvalue weighted by atomic mass is 35.5. The van der Waals surface area contributed by atoms with E-state index in [0.29, 0.717) is 12.5 Å². The monoisotopic (exact) mass is 226 g/mol. The molecule has 0 N–H and O–H groups in total. The van der Waals surface area contributed by atoms with Crippen LogP contribution >= 0.6 is 11.6 Å². The number of rotatable bonds is 4. The normalized spacial score (nSPS) is 11.5. The lowest BCUT2D eigenvalue weighted by molar-refractivity contribution is 0.309. The Balaban J connectivity index is 2.78. The maximum atomic E-state index is 5.72. The number of halogens is 1. The van der Waals surface area contributed by atoms with Crippen molar-refractivity contribution in [1.29, 1.82) is 0 Å². The highest BCUT2D eigenvalue weighted by molar-refractivity contribution is 6.17. The second-order valence-corrected chi connectivity index (χ2v) is 5.02. The molecule has 0 aliphatic carbocycles. The van der Waals surface area contributed by atoms with Gasteiger partial charge in [-0.2, -0.15) is 0 Å². The molecule has 0 saturated heterocycles. The van der Waals surface area contributed by atoms with E-state index >= 15 is 0 Å². The Labute approximate surface area is 97.4 Å². The smallest absolute Gasteiger partial charge is 0.123 e. The molecule has 0 bridgehead atoms. The molecule has 0 fully saturated rings. The molecule has 0 spiro atoms. The SMILES string of the molecule is CC(C)(C)c1ccccc1OCCCCl. The van der Waals surface area contributed by atoms with Crippen molar-refractivity contribution >= 4 is 11.6 Å². The van der Waals surface area contributed by atoms with Crippen molar-refractivity contribution in [3.05, 3.63) is 29.8 Å². The van der Waals surface area contributed by atoms with Gasteiger partial charge in [0.25, 0.3) is 0 Å². The lowest BCUT2D eigenvalue weighted by Gasteiger charge is -2.22. The minimum absolute atomic E-state index is 0.123. The van der Waals surface area contributed by atoms with Gasteiger partial charge in [0.15, 0.2) is 0 Å². The molecule has 1 aromatic carbocycles. The van der Waals surface area contributed by atoms with Gasteiger partial charge in [-0.3, -0.25) is 0 Å². The van der Waals surface area contributed by atoms with Gasteiger partial charge in [0.2, 0.25) is 0 Å². The van der Waals surface area contributed by atoms with Crippen LogP contribution in [0.5, 0.6) is 5.75 Å². The van der Waals surface area contributed by atoms with E-state index in [-0.39, 0.29) is 5.41 Å². The third kappa shape index (κ3) is 3.75. The molecule has 0 aliphatic rings. The number of ether oxygens (including phenoxy) is 1. The van der Waals surface area contributed by atoms with E-state index < -0.39 is 0 Å². The molecule has 1 rings (SSSR count). The van der Waals surface area contributed by atoms with Crippen molar-refractivity contribution in [3.8, 4) is 5.75 Å². The Morgan fingerprint density at radius 1 is 1.20 bits per heavy atom. The molecule has 1 aromatic rings. The second kappa shape index (κ2) is 5.41. The van der Waals surface area contributed by atoms with Gasteiger partial charge in [0.05, 0.1) is 6.61 Å². The van der Waals surface area contributed by atoms with Crippen molar-refractivity contribution in [3.63, 3.8) is 0 Å². The third-order valence-electron chi connectivity index (χ3n) is 2.23. The van der Waals surface area contributed by atoms with Crippen LogP contribution in [-0.4, -0.2) is 12.5 Å². The maximum Gasteiger partial charge on any atom is 0.123 e. The van der Waals surface area contributed by atoms with Gasteiger partial charge in [-0.25, -0.2) is 0 Å². The van der Waals surface area contributed by atoms with Gasteiger partial charge in [-0.05, 0) is 23.5 Å². The molecular weight excluding hydrogens is 208 g/mol. The standard InChI is InChI=1S/C13H19ClO/c1-13(2,3)11-7-4-5-8-12(11)15-10-6-9-14/h4-5,7-8H,6,9-10H2,1-3H3. The number of hydrogen-bond donors (Lipinski definition) is 0. The van der Waals surface area contributed by atoms with E-state index in [0.717, 1.165) is 12.2 Å². The van der Waals surface area contributed by atoms with Gasteiger partial charge in [-0.1, -0.05) is 39.0 Å². The second-order valence-electron chi connectivity index (χ2n) is 4.64. The summed E-state index contributed by atoms with van der Waals surface area (Å²) in [7, 11) is 0. The largest absolute Gasteiger partial charge is 0.493 e. The van der Waals surface area contributed by atoms with E-state index in [1.165, 1.54) is 5.56 Å². The van der Waals surface area contributed by atoms with E-state index in [2.05, 4.69) is 32.9 Å². The topological polar surface area (TPSA) is 9.23 Å². The third-order valence-corrected chi connectivity index (χ3v) is 2.50. The fraction of sp³-hybridized carbons (Fsp3) is 0.538. The minimum atomic E-state index is 0.123. The zero-order chi connectivity index (χ0) is 11.3. The zero-order valence-corrected chi connectivity index (χ0v) is 10.5. The van der Waals surface area contributed by atoms with Crippen LogP contribution in [0.2, 0.25) is 0 Å². The minimum Gasteiger partial charge on any atom is -0.493 e. The quantitative estimate of drug-likeness (QED) is 0.557. The lowest BCUT2D eigenvalue weighted by atomic mass is 9.86. The summed E-state index contributed by atoms with van der Waals surface area (Å²) in [6, 6.07) is 8.20. The first-order valence-corrected chi connectivity index (χ1v) is 5.87. The number of benzene rings is 1. The molecule has 0 heterocycles. The lowest BCUT2D eigenvalue weighted by Crippen LogP contribution is -2.13. The van der Waals surface area contributed by atoms with Crippen molar-refractivity contribution in [2.75, 3.05) is 12.5 Å². The summed E-state index contributed by atoms with van der Waals surface area (Å²) in [5.74, 6) is 1.63. The van der Waals surface area contributed by atoms with Gasteiger partial charge >= 0.3 is 0 Å². The molecule has 0 atom stereocenters. The first-order chi connectivity index (χ1) is 7.05. The molecule has 2 heteroatoms. The molecule has 0 amide bonds. The van der Waals surface area contributed by atoms with Crippen LogP contribution in [0, 0.1) is 0 Å². The van der Waals surface area contributed by atoms with Crippen LogP contribution in [0.4, 0.5) is 0 Å². The summed E-state index contributed by atoms with van der Waals surface area (Å²) in [5.41, 5.74) is 1.37. The Hall–Kier alpha value is -0.690. The molecule has 0 aliphatic heterocycles. The van der Waals surface area contributed by atoms with Crippen molar-refractivity contribution < 1.29 is 4.74 Å². The molecule has 0 aromatic heterocycles. The summed E-state index contributed by atoms with van der Waals surface area (Å²) in [6.07, 6.45) is 0.889. The first-order valence-electron chi connectivity index (χ1n) is 5.34. The molecular formula is C13H19ClO. The Morgan fingerprint density at radius 2 is 1.87 bits per heavy atom. The van der Waals surface area contributed by atoms with Crippen LogP contribution in [0.15, 0.2) is 24.3 Å². The summed E-state index contributed by atoms with van der Waals surface area (Å²) in [5, 5.41) is 0. The predicted octanol–water partition coefficient (Wildman–Crippen LogP) is 3.99. The van der Waals surface area contributed by atoms with Crippen molar-refractivity contribution in [2.24, 2.45) is 0 Å². The Bertz CT molecular complexity index is 302. The van der Waals surface area contributed by atoms with E-state index in [1.807, 2.05) is 12.1 Å². The number of para-hydroxylation sites is 1. The molecule has 0 saturated carbocycles. The highest BCUT2D eigenvalue weighted by Gasteiger charge is 2.17. The van der Waals surface area contributed by atoms with Crippen LogP contribution in [0.1, 0.15) is 32.8 Å². The zero-order valence-electron chi connectivity index (χ0n) is 9.72. The fourth-order valence-electron chi connectivity index (χ4n) is 1.45. The van der Waals surface area contributed by atoms with Gasteiger partial charge in [0.1, 0.15) is 5.75 Å². The van der Waals surface area contributed by atoms with E-state index in [9.17, 15) is 0 Å². The summed E-state index contributed by atoms with van der Waals surface area (Å²) in [4.78, 5) is 0. The van der Waals surface area contributed by atoms with E-state index in [1.54, 1.807) is 0 Å². The number of alkyl halides is 1. The summed E-state index contributed by atoms with van der Waals surface area (Å²) in [6.45, 7) is 7.26. The summed E-state index contributed by atoms with van der Waals surface area (Å²) >= 11 is 5.62. The fourth-order valence-corrected chi connectivity index (χ4v) is 1.56. The van der Waals surface area contributed by atoms with Crippen molar-refractivity contribution in [1.82, 2.24) is 0 Å². The molecule has 15 heavy (non-hydrogen) atoms. The van der Waals surface area contributed by atoms with Crippen LogP contribution in [0.3, 0.4) is 0 Å². The molecule has 84 valence electrons. The summed E-state index contributed by atoms with van der Waals surface area (Å²) < 4.78 is 5.72. The van der Waals surface area contributed by atoms with E-state index in [4.69, 9.17) is 16.3 Å². The highest BCUT2D eigenvalue weighted by Crippen LogP contribution is 2.30. The average molecular weight is 227 g/mol. The molecule has 1 nitrogen and oxygen atoms in total. The van der Waals surface area contributed by atoms with Crippen LogP contribution < -0.4 is 4.74 Å². The maximum absolute atomic E-state index is 5.72. The van der Waals surface area contributed by atoms with Gasteiger partial charge < -0.3 is 4.74 Å². The molecule has 0 unspecified atom stereocenters. The number of hydrogen-bond acceptors (Lipinski definition) is 1. The van der Waals surface area contributed by atoms with Gasteiger partial charge in [0, 0.05) is 5.88 Å². The van der Waals surface area contributed by atoms with Crippen molar-refractivity contribution in [2.45, 2.75) is 32.6 Å². The first kappa shape index (κ1) is 12.4.